The zero-order chi connectivity index (χ0) is 17.6. The summed E-state index contributed by atoms with van der Waals surface area (Å²) in [4.78, 5) is 34.3. The van der Waals surface area contributed by atoms with E-state index in [-0.39, 0.29) is 13.2 Å². The van der Waals surface area contributed by atoms with Crippen LogP contribution >= 0.6 is 0 Å². The summed E-state index contributed by atoms with van der Waals surface area (Å²) in [6.45, 7) is 2.46. The summed E-state index contributed by atoms with van der Waals surface area (Å²) in [6, 6.07) is 0. The summed E-state index contributed by atoms with van der Waals surface area (Å²) in [5.41, 5.74) is -3.20. The van der Waals surface area contributed by atoms with Crippen molar-refractivity contribution in [3.63, 3.8) is 0 Å². The summed E-state index contributed by atoms with van der Waals surface area (Å²) in [7, 11) is 0. The largest absolute Gasteiger partial charge is 0.464 e. The van der Waals surface area contributed by atoms with Gasteiger partial charge < -0.3 is 9.47 Å². The van der Waals surface area contributed by atoms with Crippen LogP contribution in [0, 0.1) is 10.1 Å². The van der Waals surface area contributed by atoms with E-state index < -0.39 is 40.9 Å². The fourth-order valence-electron chi connectivity index (χ4n) is 1.87. The average Bonchev–Trinajstić information content (AvgIpc) is 2.95. The zero-order valence-electron chi connectivity index (χ0n) is 12.4. The van der Waals surface area contributed by atoms with Gasteiger partial charge in [-0.2, -0.15) is 5.10 Å². The van der Waals surface area contributed by atoms with Gasteiger partial charge in [-0.05, 0) is 13.8 Å². The lowest BCUT2D eigenvalue weighted by Crippen LogP contribution is -2.52. The Morgan fingerprint density at radius 3 is 2.22 bits per heavy atom. The highest BCUT2D eigenvalue weighted by Gasteiger charge is 2.54. The fourth-order valence-corrected chi connectivity index (χ4v) is 1.87. The number of alkyl halides is 2. The molecule has 1 heterocycles. The van der Waals surface area contributed by atoms with Crippen molar-refractivity contribution in [1.82, 2.24) is 9.78 Å². The Labute approximate surface area is 129 Å². The van der Waals surface area contributed by atoms with Gasteiger partial charge in [-0.15, -0.1) is 0 Å². The Morgan fingerprint density at radius 2 is 1.87 bits per heavy atom. The number of hydrogen-bond donors (Lipinski definition) is 0. The molecule has 23 heavy (non-hydrogen) atoms. The van der Waals surface area contributed by atoms with Crippen LogP contribution in [-0.4, -0.2) is 46.3 Å². The number of nitrogens with zero attached hydrogens (tertiary/aromatic N) is 3. The van der Waals surface area contributed by atoms with Crippen LogP contribution in [0.25, 0.3) is 0 Å². The number of carbonyl (C=O) groups excluding carboxylic acids is 2. The number of rotatable bonds is 8. The maximum atomic E-state index is 13.0. The van der Waals surface area contributed by atoms with Gasteiger partial charge in [0.2, 0.25) is 6.43 Å². The van der Waals surface area contributed by atoms with E-state index in [1.165, 1.54) is 13.8 Å². The summed E-state index contributed by atoms with van der Waals surface area (Å²) < 4.78 is 35.9. The zero-order valence-corrected chi connectivity index (χ0v) is 12.4. The molecule has 0 aliphatic carbocycles. The Balaban J connectivity index is 3.48. The standard InChI is InChI=1S/C12H15F2N3O6/c1-3-22-10(18)12(5-9(13)14,11(19)23-4-2)16-7-8(6-15-16)17(20)21/h6-7,9H,3-5H2,1-2H3. The first-order valence-electron chi connectivity index (χ1n) is 6.61. The molecular weight excluding hydrogens is 320 g/mol. The lowest BCUT2D eigenvalue weighted by molar-refractivity contribution is -0.385. The van der Waals surface area contributed by atoms with E-state index in [4.69, 9.17) is 9.47 Å². The number of esters is 2. The number of halogens is 2. The Morgan fingerprint density at radius 1 is 1.35 bits per heavy atom. The number of ether oxygens (including phenoxy) is 2. The van der Waals surface area contributed by atoms with E-state index in [9.17, 15) is 28.5 Å². The van der Waals surface area contributed by atoms with Gasteiger partial charge in [0.25, 0.3) is 5.54 Å². The van der Waals surface area contributed by atoms with Gasteiger partial charge in [-0.1, -0.05) is 0 Å². The van der Waals surface area contributed by atoms with Gasteiger partial charge >= 0.3 is 17.6 Å². The van der Waals surface area contributed by atoms with Crippen molar-refractivity contribution in [2.24, 2.45) is 0 Å². The van der Waals surface area contributed by atoms with Gasteiger partial charge in [0.1, 0.15) is 12.4 Å². The summed E-state index contributed by atoms with van der Waals surface area (Å²) >= 11 is 0. The number of hydrogen-bond acceptors (Lipinski definition) is 7. The molecule has 0 N–H and O–H groups in total. The van der Waals surface area contributed by atoms with E-state index in [0.717, 1.165) is 6.20 Å². The van der Waals surface area contributed by atoms with Crippen molar-refractivity contribution in [1.29, 1.82) is 0 Å². The van der Waals surface area contributed by atoms with Crippen molar-refractivity contribution in [2.45, 2.75) is 32.2 Å². The maximum Gasteiger partial charge on any atom is 0.346 e. The van der Waals surface area contributed by atoms with Crippen LogP contribution in [0.15, 0.2) is 12.4 Å². The average molecular weight is 335 g/mol. The molecule has 1 aromatic heterocycles. The molecule has 0 spiro atoms. The van der Waals surface area contributed by atoms with E-state index in [1.54, 1.807) is 0 Å². The first-order valence-corrected chi connectivity index (χ1v) is 6.61. The molecule has 9 nitrogen and oxygen atoms in total. The second-order valence-electron chi connectivity index (χ2n) is 4.30. The van der Waals surface area contributed by atoms with E-state index in [1.807, 2.05) is 0 Å². The number of nitro groups is 1. The van der Waals surface area contributed by atoms with Crippen molar-refractivity contribution < 1.29 is 32.8 Å². The number of carbonyl (C=O) groups is 2. The molecule has 0 aliphatic rings. The normalized spacial score (nSPS) is 11.3. The smallest absolute Gasteiger partial charge is 0.346 e. The Bertz CT molecular complexity index is 571. The summed E-state index contributed by atoms with van der Waals surface area (Å²) in [5.74, 6) is -2.64. The van der Waals surface area contributed by atoms with Crippen LogP contribution in [-0.2, 0) is 24.6 Å². The third-order valence-electron chi connectivity index (χ3n) is 2.85. The maximum absolute atomic E-state index is 13.0. The Hall–Kier alpha value is -2.59. The molecular formula is C12H15F2N3O6. The van der Waals surface area contributed by atoms with Crippen LogP contribution in [0.1, 0.15) is 20.3 Å². The summed E-state index contributed by atoms with van der Waals surface area (Å²) in [6.07, 6.45) is -2.94. The van der Waals surface area contributed by atoms with Crippen LogP contribution in [0.5, 0.6) is 0 Å². The second kappa shape index (κ2) is 7.61. The SMILES string of the molecule is CCOC(=O)C(CC(F)F)(C(=O)OCC)n1cc([N+](=O)[O-])cn1. The highest BCUT2D eigenvalue weighted by molar-refractivity contribution is 6.02. The van der Waals surface area contributed by atoms with Crippen molar-refractivity contribution >= 4 is 17.6 Å². The molecule has 0 radical (unpaired) electrons. The molecule has 11 heteroatoms. The van der Waals surface area contributed by atoms with Crippen molar-refractivity contribution in [3.8, 4) is 0 Å². The lowest BCUT2D eigenvalue weighted by atomic mass is 9.95. The molecule has 0 aromatic carbocycles. The molecule has 0 bridgehead atoms. The monoisotopic (exact) mass is 335 g/mol. The third-order valence-corrected chi connectivity index (χ3v) is 2.85. The van der Waals surface area contributed by atoms with Crippen molar-refractivity contribution in [3.05, 3.63) is 22.5 Å². The van der Waals surface area contributed by atoms with Crippen molar-refractivity contribution in [2.75, 3.05) is 13.2 Å². The first-order chi connectivity index (χ1) is 10.8. The molecule has 0 fully saturated rings. The quantitative estimate of drug-likeness (QED) is 0.304. The van der Waals surface area contributed by atoms with Crippen LogP contribution in [0.4, 0.5) is 14.5 Å². The summed E-state index contributed by atoms with van der Waals surface area (Å²) in [5, 5.41) is 14.2. The van der Waals surface area contributed by atoms with E-state index in [2.05, 4.69) is 5.10 Å². The van der Waals surface area contributed by atoms with Gasteiger partial charge in [-0.25, -0.2) is 23.1 Å². The fraction of sp³-hybridized carbons (Fsp3) is 0.583. The minimum atomic E-state index is -3.09. The predicted molar refractivity (Wildman–Crippen MR) is 70.7 cm³/mol. The molecule has 0 unspecified atom stereocenters. The lowest BCUT2D eigenvalue weighted by Gasteiger charge is -2.28. The molecule has 1 rings (SSSR count). The molecule has 1 aromatic rings. The second-order valence-corrected chi connectivity index (χ2v) is 4.30. The topological polar surface area (TPSA) is 114 Å². The Kier molecular flexibility index (Phi) is 6.10. The molecule has 128 valence electrons. The van der Waals surface area contributed by atoms with Gasteiger partial charge in [0.15, 0.2) is 0 Å². The van der Waals surface area contributed by atoms with E-state index in [0.29, 0.717) is 10.9 Å². The van der Waals surface area contributed by atoms with Gasteiger partial charge in [0.05, 0.1) is 24.6 Å². The van der Waals surface area contributed by atoms with Crippen LogP contribution in [0.3, 0.4) is 0 Å². The van der Waals surface area contributed by atoms with E-state index >= 15 is 0 Å². The first kappa shape index (κ1) is 18.5. The molecule has 0 saturated carbocycles. The van der Waals surface area contributed by atoms with Gasteiger partial charge in [-0.3, -0.25) is 10.1 Å². The van der Waals surface area contributed by atoms with Crippen LogP contribution < -0.4 is 0 Å². The molecule has 0 saturated heterocycles. The number of aromatic nitrogens is 2. The molecule has 0 aliphatic heterocycles. The minimum absolute atomic E-state index is 0.188. The highest BCUT2D eigenvalue weighted by atomic mass is 19.3. The molecule has 0 amide bonds. The highest BCUT2D eigenvalue weighted by Crippen LogP contribution is 2.30. The van der Waals surface area contributed by atoms with Crippen LogP contribution in [0.2, 0.25) is 0 Å². The molecule has 0 atom stereocenters. The van der Waals surface area contributed by atoms with Gasteiger partial charge in [0, 0.05) is 0 Å². The minimum Gasteiger partial charge on any atom is -0.464 e. The third kappa shape index (κ3) is 3.79. The predicted octanol–water partition coefficient (Wildman–Crippen LogP) is 1.27.